The van der Waals surface area contributed by atoms with Crippen LogP contribution in [-0.2, 0) is 6.42 Å². The zero-order valence-electron chi connectivity index (χ0n) is 11.1. The van der Waals surface area contributed by atoms with Gasteiger partial charge in [-0.15, -0.1) is 11.3 Å². The third-order valence-electron chi connectivity index (χ3n) is 3.37. The van der Waals surface area contributed by atoms with E-state index in [9.17, 15) is 9.90 Å². The fourth-order valence-corrected chi connectivity index (χ4v) is 3.18. The number of ether oxygens (including phenoxy) is 1. The first-order valence-corrected chi connectivity index (χ1v) is 7.35. The van der Waals surface area contributed by atoms with Crippen molar-refractivity contribution in [3.05, 3.63) is 45.4 Å². The molecule has 1 aromatic carbocycles. The van der Waals surface area contributed by atoms with Crippen molar-refractivity contribution in [2.24, 2.45) is 0 Å². The number of hydrogen-bond acceptors (Lipinski definition) is 4. The molecule has 4 nitrogen and oxygen atoms in total. The molecule has 0 radical (unpaired) electrons. The number of nitrogens with zero attached hydrogens (tertiary/aromatic N) is 1. The maximum absolute atomic E-state index is 11.3. The van der Waals surface area contributed by atoms with Crippen LogP contribution in [0.2, 0.25) is 0 Å². The Balaban J connectivity index is 1.82. The lowest BCUT2D eigenvalue weighted by molar-refractivity contribution is 0.0700. The van der Waals surface area contributed by atoms with E-state index in [1.807, 2.05) is 24.3 Å². The molecular weight excluding hydrogens is 274 g/mol. The number of benzene rings is 1. The first-order chi connectivity index (χ1) is 9.67. The van der Waals surface area contributed by atoms with Gasteiger partial charge in [0.25, 0.3) is 0 Å². The molecule has 1 aromatic heterocycles. The third-order valence-corrected chi connectivity index (χ3v) is 4.43. The Labute approximate surface area is 121 Å². The van der Waals surface area contributed by atoms with Gasteiger partial charge in [0.05, 0.1) is 17.8 Å². The maximum atomic E-state index is 11.3. The van der Waals surface area contributed by atoms with E-state index in [0.29, 0.717) is 17.2 Å². The Bertz CT molecular complexity index is 629. The van der Waals surface area contributed by atoms with Gasteiger partial charge < -0.3 is 9.84 Å². The van der Waals surface area contributed by atoms with Gasteiger partial charge in [-0.25, -0.2) is 9.78 Å². The summed E-state index contributed by atoms with van der Waals surface area (Å²) >= 11 is 1.30. The van der Waals surface area contributed by atoms with Crippen LogP contribution in [0.5, 0.6) is 5.75 Å². The quantitative estimate of drug-likeness (QED) is 0.917. The molecule has 5 heteroatoms. The lowest BCUT2D eigenvalue weighted by Crippen LogP contribution is -1.97. The highest BCUT2D eigenvalue weighted by atomic mass is 32.1. The first kappa shape index (κ1) is 13.1. The standard InChI is InChI=1S/C15H15NO3S/c1-19-11-6-2-9(3-7-11)8-12-16-13(10-4-5-10)14(20-12)15(17)18/h2-3,6-7,10H,4-5,8H2,1H3,(H,17,18). The molecule has 0 aliphatic heterocycles. The van der Waals surface area contributed by atoms with Crippen LogP contribution in [-0.4, -0.2) is 23.2 Å². The SMILES string of the molecule is COc1ccc(Cc2nc(C3CC3)c(C(=O)O)s2)cc1. The van der Waals surface area contributed by atoms with Gasteiger partial charge in [0.15, 0.2) is 0 Å². The molecule has 0 amide bonds. The third kappa shape index (κ3) is 2.67. The van der Waals surface area contributed by atoms with E-state index in [0.717, 1.165) is 34.9 Å². The highest BCUT2D eigenvalue weighted by Gasteiger charge is 2.31. The summed E-state index contributed by atoms with van der Waals surface area (Å²) in [6.07, 6.45) is 2.79. The summed E-state index contributed by atoms with van der Waals surface area (Å²) in [7, 11) is 1.64. The summed E-state index contributed by atoms with van der Waals surface area (Å²) in [5.41, 5.74) is 1.89. The van der Waals surface area contributed by atoms with E-state index in [1.165, 1.54) is 11.3 Å². The smallest absolute Gasteiger partial charge is 0.347 e. The van der Waals surface area contributed by atoms with Crippen molar-refractivity contribution in [3.63, 3.8) is 0 Å². The van der Waals surface area contributed by atoms with E-state index in [-0.39, 0.29) is 0 Å². The van der Waals surface area contributed by atoms with Gasteiger partial charge in [-0.05, 0) is 30.5 Å². The van der Waals surface area contributed by atoms with Gasteiger partial charge in [0, 0.05) is 12.3 Å². The Morgan fingerprint density at radius 3 is 2.65 bits per heavy atom. The number of aromatic carboxylic acids is 1. The summed E-state index contributed by atoms with van der Waals surface area (Å²) in [5.74, 6) is 0.324. The minimum atomic E-state index is -0.856. The van der Waals surface area contributed by atoms with Crippen LogP contribution in [0.1, 0.15) is 44.7 Å². The number of hydrogen-bond donors (Lipinski definition) is 1. The number of methoxy groups -OCH3 is 1. The summed E-state index contributed by atoms with van der Waals surface area (Å²) in [5, 5.41) is 10.1. The lowest BCUT2D eigenvalue weighted by atomic mass is 10.1. The van der Waals surface area contributed by atoms with Gasteiger partial charge in [-0.1, -0.05) is 12.1 Å². The van der Waals surface area contributed by atoms with Crippen LogP contribution < -0.4 is 4.74 Å². The van der Waals surface area contributed by atoms with Crippen molar-refractivity contribution in [1.29, 1.82) is 0 Å². The molecule has 1 aliphatic carbocycles. The number of carboxylic acids is 1. The molecule has 1 fully saturated rings. The van der Waals surface area contributed by atoms with E-state index in [1.54, 1.807) is 7.11 Å². The summed E-state index contributed by atoms with van der Waals surface area (Å²) in [6.45, 7) is 0. The van der Waals surface area contributed by atoms with Crippen molar-refractivity contribution in [2.75, 3.05) is 7.11 Å². The molecule has 0 spiro atoms. The summed E-state index contributed by atoms with van der Waals surface area (Å²) in [6, 6.07) is 7.78. The normalized spacial score (nSPS) is 14.2. The Kier molecular flexibility index (Phi) is 3.44. The zero-order chi connectivity index (χ0) is 14.1. The van der Waals surface area contributed by atoms with Crippen LogP contribution in [0.25, 0.3) is 0 Å². The molecule has 1 saturated carbocycles. The van der Waals surface area contributed by atoms with Gasteiger partial charge in [-0.3, -0.25) is 0 Å². The molecule has 20 heavy (non-hydrogen) atoms. The highest BCUT2D eigenvalue weighted by Crippen LogP contribution is 2.42. The average Bonchev–Trinajstić information content (AvgIpc) is 3.21. The van der Waals surface area contributed by atoms with Gasteiger partial charge in [0.1, 0.15) is 10.6 Å². The predicted molar refractivity (Wildman–Crippen MR) is 76.8 cm³/mol. The molecule has 1 heterocycles. The number of carbonyl (C=O) groups is 1. The van der Waals surface area contributed by atoms with E-state index >= 15 is 0 Å². The van der Waals surface area contributed by atoms with Gasteiger partial charge in [-0.2, -0.15) is 0 Å². The molecule has 0 atom stereocenters. The molecule has 2 aromatic rings. The fraction of sp³-hybridized carbons (Fsp3) is 0.333. The van der Waals surface area contributed by atoms with Crippen LogP contribution >= 0.6 is 11.3 Å². The van der Waals surface area contributed by atoms with Crippen molar-refractivity contribution in [3.8, 4) is 5.75 Å². The van der Waals surface area contributed by atoms with Crippen LogP contribution in [0, 0.1) is 0 Å². The second-order valence-electron chi connectivity index (χ2n) is 4.93. The molecule has 1 N–H and O–H groups in total. The molecule has 0 unspecified atom stereocenters. The minimum absolute atomic E-state index is 0.363. The number of aromatic nitrogens is 1. The van der Waals surface area contributed by atoms with Crippen molar-refractivity contribution in [2.45, 2.75) is 25.2 Å². The number of thiazole rings is 1. The molecule has 0 bridgehead atoms. The van der Waals surface area contributed by atoms with Crippen molar-refractivity contribution in [1.82, 2.24) is 4.98 Å². The van der Waals surface area contributed by atoms with Gasteiger partial charge in [0.2, 0.25) is 0 Å². The van der Waals surface area contributed by atoms with Crippen LogP contribution in [0.15, 0.2) is 24.3 Å². The average molecular weight is 289 g/mol. The molecular formula is C15H15NO3S. The first-order valence-electron chi connectivity index (χ1n) is 6.53. The number of rotatable bonds is 5. The lowest BCUT2D eigenvalue weighted by Gasteiger charge is -2.01. The second kappa shape index (κ2) is 5.25. The Morgan fingerprint density at radius 1 is 1.40 bits per heavy atom. The van der Waals surface area contributed by atoms with Crippen LogP contribution in [0.4, 0.5) is 0 Å². The van der Waals surface area contributed by atoms with Crippen LogP contribution in [0.3, 0.4) is 0 Å². The van der Waals surface area contributed by atoms with Gasteiger partial charge >= 0.3 is 5.97 Å². The van der Waals surface area contributed by atoms with E-state index < -0.39 is 5.97 Å². The molecule has 3 rings (SSSR count). The predicted octanol–water partition coefficient (Wildman–Crippen LogP) is 3.32. The van der Waals surface area contributed by atoms with Crippen molar-refractivity contribution >= 4 is 17.3 Å². The minimum Gasteiger partial charge on any atom is -0.497 e. The second-order valence-corrected chi connectivity index (χ2v) is 6.01. The molecule has 0 saturated heterocycles. The Hall–Kier alpha value is -1.88. The fourth-order valence-electron chi connectivity index (χ4n) is 2.16. The van der Waals surface area contributed by atoms with E-state index in [4.69, 9.17) is 4.74 Å². The summed E-state index contributed by atoms with van der Waals surface area (Å²) in [4.78, 5) is 16.2. The Morgan fingerprint density at radius 2 is 2.10 bits per heavy atom. The zero-order valence-corrected chi connectivity index (χ0v) is 11.9. The summed E-state index contributed by atoms with van der Waals surface area (Å²) < 4.78 is 5.12. The van der Waals surface area contributed by atoms with Crippen molar-refractivity contribution < 1.29 is 14.6 Å². The number of carboxylic acid groups (broad SMARTS) is 1. The topological polar surface area (TPSA) is 59.4 Å². The molecule has 1 aliphatic rings. The highest BCUT2D eigenvalue weighted by molar-refractivity contribution is 7.13. The van der Waals surface area contributed by atoms with E-state index in [2.05, 4.69) is 4.98 Å². The maximum Gasteiger partial charge on any atom is 0.347 e. The molecule has 104 valence electrons. The monoisotopic (exact) mass is 289 g/mol. The largest absolute Gasteiger partial charge is 0.497 e.